The Balaban J connectivity index is 3.98. The molecule has 0 aromatic carbocycles. The van der Waals surface area contributed by atoms with Crippen LogP contribution in [-0.2, 0) is 0 Å². The van der Waals surface area contributed by atoms with Gasteiger partial charge in [-0.05, 0) is 19.1 Å². The van der Waals surface area contributed by atoms with E-state index in [0.717, 1.165) is 0 Å². The molecule has 2 heteroatoms. The Bertz CT molecular complexity index is 78.7. The maximum Gasteiger partial charge on any atom is 0.149 e. The fourth-order valence-corrected chi connectivity index (χ4v) is 2.98. The summed E-state index contributed by atoms with van der Waals surface area (Å²) in [4.78, 5) is 3.39. The van der Waals surface area contributed by atoms with Gasteiger partial charge in [0, 0.05) is 0 Å². The second-order valence-electron chi connectivity index (χ2n) is 2.32. The summed E-state index contributed by atoms with van der Waals surface area (Å²) < 4.78 is 0. The average molecular weight is 143 g/mol. The monoisotopic (exact) mass is 143 g/mol. The lowest BCUT2D eigenvalue weighted by atomic mass is 10.9. The van der Waals surface area contributed by atoms with Crippen LogP contribution in [-0.4, -0.2) is 15.3 Å². The number of hydrogen-bond donors (Lipinski definition) is 1. The molecule has 9 heavy (non-hydrogen) atoms. The zero-order valence-electron chi connectivity index (χ0n) is 6.70. The van der Waals surface area contributed by atoms with E-state index >= 15 is 0 Å². The van der Waals surface area contributed by atoms with Crippen LogP contribution in [0.25, 0.3) is 0 Å². The van der Waals surface area contributed by atoms with Gasteiger partial charge in [-0.2, -0.15) is 0 Å². The highest BCUT2D eigenvalue weighted by Gasteiger charge is 2.21. The van der Waals surface area contributed by atoms with Crippen LogP contribution in [0.3, 0.4) is 0 Å². The number of hydrogen-bond acceptors (Lipinski definition) is 1. The fourth-order valence-electron chi connectivity index (χ4n) is 0.994. The molecule has 0 heterocycles. The van der Waals surface area contributed by atoms with Crippen LogP contribution in [0, 0.1) is 0 Å². The number of rotatable bonds is 4. The lowest BCUT2D eigenvalue weighted by Gasteiger charge is -2.23. The lowest BCUT2D eigenvalue weighted by Crippen LogP contribution is -2.45. The molecule has 0 amide bonds. The maximum atomic E-state index is 3.84. The van der Waals surface area contributed by atoms with E-state index in [-0.39, 0.29) is 0 Å². The molecule has 1 nitrogen and oxygen atoms in total. The molecule has 1 N–H and O–H groups in total. The highest BCUT2D eigenvalue weighted by molar-refractivity contribution is 6.81. The van der Waals surface area contributed by atoms with Gasteiger partial charge in [0.05, 0.1) is 0 Å². The van der Waals surface area contributed by atoms with Gasteiger partial charge in [0.15, 0.2) is 0 Å². The SMILES string of the molecule is C=C[Si](CC)(CC)NC. The standard InChI is InChI=1S/C7H17NSi/c1-5-9(6-2,7-3)8-4/h5,8H,1,6-7H2,2-4H3. The molecule has 0 aromatic rings. The van der Waals surface area contributed by atoms with E-state index in [0.29, 0.717) is 0 Å². The van der Waals surface area contributed by atoms with Crippen molar-refractivity contribution in [1.82, 2.24) is 4.98 Å². The van der Waals surface area contributed by atoms with Crippen LogP contribution < -0.4 is 4.98 Å². The second-order valence-corrected chi connectivity index (χ2v) is 6.95. The van der Waals surface area contributed by atoms with Gasteiger partial charge in [0.2, 0.25) is 0 Å². The van der Waals surface area contributed by atoms with E-state index in [2.05, 4.69) is 31.1 Å². The Labute approximate surface area is 59.3 Å². The summed E-state index contributed by atoms with van der Waals surface area (Å²) in [5.41, 5.74) is 2.13. The van der Waals surface area contributed by atoms with Crippen molar-refractivity contribution >= 4 is 8.24 Å². The smallest absolute Gasteiger partial charge is 0.149 e. The van der Waals surface area contributed by atoms with Gasteiger partial charge in [0.1, 0.15) is 8.24 Å². The molecule has 0 aliphatic rings. The minimum absolute atomic E-state index is 1.18. The predicted octanol–water partition coefficient (Wildman–Crippen LogP) is 1.92. The molecule has 0 saturated carbocycles. The molecular weight excluding hydrogens is 126 g/mol. The quantitative estimate of drug-likeness (QED) is 0.593. The first-order valence-electron chi connectivity index (χ1n) is 3.57. The highest BCUT2D eigenvalue weighted by Crippen LogP contribution is 2.10. The molecule has 0 aliphatic heterocycles. The van der Waals surface area contributed by atoms with Gasteiger partial charge < -0.3 is 4.98 Å². The summed E-state index contributed by atoms with van der Waals surface area (Å²) in [6, 6.07) is 2.51. The van der Waals surface area contributed by atoms with Crippen LogP contribution in [0.4, 0.5) is 0 Å². The van der Waals surface area contributed by atoms with Crippen LogP contribution >= 0.6 is 0 Å². The van der Waals surface area contributed by atoms with Crippen LogP contribution in [0.2, 0.25) is 12.1 Å². The molecular formula is C7H17NSi. The van der Waals surface area contributed by atoms with Crippen molar-refractivity contribution in [3.8, 4) is 0 Å². The second kappa shape index (κ2) is 3.85. The van der Waals surface area contributed by atoms with E-state index < -0.39 is 8.24 Å². The molecule has 0 radical (unpaired) electrons. The number of nitrogens with one attached hydrogen (secondary N) is 1. The van der Waals surface area contributed by atoms with E-state index in [1.54, 1.807) is 0 Å². The molecule has 0 spiro atoms. The van der Waals surface area contributed by atoms with Gasteiger partial charge in [-0.25, -0.2) is 0 Å². The summed E-state index contributed by atoms with van der Waals surface area (Å²) in [7, 11) is 0.865. The first kappa shape index (κ1) is 8.92. The third kappa shape index (κ3) is 1.95. The Hall–Kier alpha value is -0.0831. The molecule has 0 bridgehead atoms. The Morgan fingerprint density at radius 2 is 1.89 bits per heavy atom. The van der Waals surface area contributed by atoms with Crippen molar-refractivity contribution in [3.63, 3.8) is 0 Å². The Morgan fingerprint density at radius 3 is 1.89 bits per heavy atom. The van der Waals surface area contributed by atoms with Gasteiger partial charge in [-0.1, -0.05) is 19.5 Å². The van der Waals surface area contributed by atoms with E-state index in [1.807, 2.05) is 7.05 Å². The fraction of sp³-hybridized carbons (Fsp3) is 0.714. The summed E-state index contributed by atoms with van der Waals surface area (Å²) >= 11 is 0. The third-order valence-electron chi connectivity index (χ3n) is 2.15. The predicted molar refractivity (Wildman–Crippen MR) is 46.0 cm³/mol. The van der Waals surface area contributed by atoms with Crippen molar-refractivity contribution in [2.24, 2.45) is 0 Å². The lowest BCUT2D eigenvalue weighted by molar-refractivity contribution is 1.08. The first-order valence-corrected chi connectivity index (χ1v) is 6.06. The third-order valence-corrected chi connectivity index (χ3v) is 6.45. The zero-order valence-corrected chi connectivity index (χ0v) is 7.70. The van der Waals surface area contributed by atoms with Crippen molar-refractivity contribution < 1.29 is 0 Å². The van der Waals surface area contributed by atoms with Gasteiger partial charge >= 0.3 is 0 Å². The van der Waals surface area contributed by atoms with E-state index in [4.69, 9.17) is 0 Å². The summed E-state index contributed by atoms with van der Waals surface area (Å²) in [5.74, 6) is 0. The van der Waals surface area contributed by atoms with E-state index in [1.165, 1.54) is 12.1 Å². The molecule has 0 fully saturated rings. The average Bonchev–Trinajstić information content (AvgIpc) is 1.95. The molecule has 0 aromatic heterocycles. The summed E-state index contributed by atoms with van der Waals surface area (Å²) in [5, 5.41) is 0. The summed E-state index contributed by atoms with van der Waals surface area (Å²) in [6.45, 7) is 8.31. The van der Waals surface area contributed by atoms with Gasteiger partial charge in [-0.3, -0.25) is 0 Å². The largest absolute Gasteiger partial charge is 0.337 e. The van der Waals surface area contributed by atoms with Crippen LogP contribution in [0.15, 0.2) is 12.3 Å². The molecule has 54 valence electrons. The van der Waals surface area contributed by atoms with Crippen molar-refractivity contribution in [2.75, 3.05) is 7.05 Å². The molecule has 0 aliphatic carbocycles. The summed E-state index contributed by atoms with van der Waals surface area (Å²) in [6.07, 6.45) is 0. The van der Waals surface area contributed by atoms with Crippen molar-refractivity contribution in [2.45, 2.75) is 25.9 Å². The topological polar surface area (TPSA) is 12.0 Å². The molecule has 0 rings (SSSR count). The Morgan fingerprint density at radius 1 is 1.44 bits per heavy atom. The zero-order chi connectivity index (χ0) is 7.33. The van der Waals surface area contributed by atoms with Crippen LogP contribution in [0.1, 0.15) is 13.8 Å². The van der Waals surface area contributed by atoms with Crippen molar-refractivity contribution in [3.05, 3.63) is 12.3 Å². The minimum atomic E-state index is -1.18. The highest BCUT2D eigenvalue weighted by atomic mass is 28.3. The molecule has 0 unspecified atom stereocenters. The maximum absolute atomic E-state index is 3.84. The van der Waals surface area contributed by atoms with E-state index in [9.17, 15) is 0 Å². The molecule has 0 saturated heterocycles. The normalized spacial score (nSPS) is 11.4. The Kier molecular flexibility index (Phi) is 3.82. The van der Waals surface area contributed by atoms with Gasteiger partial charge in [0.25, 0.3) is 0 Å². The first-order chi connectivity index (χ1) is 4.24. The van der Waals surface area contributed by atoms with Crippen LogP contribution in [0.5, 0.6) is 0 Å². The van der Waals surface area contributed by atoms with Crippen molar-refractivity contribution in [1.29, 1.82) is 0 Å². The molecule has 0 atom stereocenters. The van der Waals surface area contributed by atoms with Gasteiger partial charge in [-0.15, -0.1) is 6.58 Å². The minimum Gasteiger partial charge on any atom is -0.337 e.